The number of anilines is 3. The van der Waals surface area contributed by atoms with Crippen LogP contribution in [0.15, 0.2) is 47.1 Å². The molecule has 1 aliphatic heterocycles. The van der Waals surface area contributed by atoms with Gasteiger partial charge in [-0.3, -0.25) is 10.1 Å². The molecule has 0 aromatic carbocycles. The summed E-state index contributed by atoms with van der Waals surface area (Å²) in [7, 11) is 0. The number of pyridine rings is 1. The molecule has 4 aromatic rings. The van der Waals surface area contributed by atoms with Crippen molar-refractivity contribution in [3.63, 3.8) is 0 Å². The molecule has 0 unspecified atom stereocenters. The van der Waals surface area contributed by atoms with E-state index in [2.05, 4.69) is 35.5 Å². The van der Waals surface area contributed by atoms with Crippen molar-refractivity contribution in [1.82, 2.24) is 30.3 Å². The van der Waals surface area contributed by atoms with Gasteiger partial charge in [-0.2, -0.15) is 15.1 Å². The number of aliphatic hydroxyl groups is 1. The molecular weight excluding hydrogens is 436 g/mol. The average molecular weight is 463 g/mol. The fourth-order valence-corrected chi connectivity index (χ4v) is 3.92. The highest BCUT2D eigenvalue weighted by atomic mass is 16.5. The number of ether oxygens (including phenoxy) is 1. The molecular formula is C23H26N8O3. The van der Waals surface area contributed by atoms with Gasteiger partial charge in [0.15, 0.2) is 11.6 Å². The number of hydrogen-bond acceptors (Lipinski definition) is 10. The lowest BCUT2D eigenvalue weighted by Gasteiger charge is -2.23. The van der Waals surface area contributed by atoms with Gasteiger partial charge in [0.05, 0.1) is 18.3 Å². The van der Waals surface area contributed by atoms with E-state index >= 15 is 0 Å². The molecule has 11 heteroatoms. The van der Waals surface area contributed by atoms with E-state index in [0.29, 0.717) is 42.2 Å². The second kappa shape index (κ2) is 9.87. The predicted molar refractivity (Wildman–Crippen MR) is 125 cm³/mol. The Morgan fingerprint density at radius 1 is 1.21 bits per heavy atom. The highest BCUT2D eigenvalue weighted by Crippen LogP contribution is 2.37. The zero-order valence-corrected chi connectivity index (χ0v) is 18.8. The molecule has 5 rings (SSSR count). The summed E-state index contributed by atoms with van der Waals surface area (Å²) in [6, 6.07) is 11.2. The van der Waals surface area contributed by atoms with Crippen molar-refractivity contribution < 1.29 is 14.4 Å². The van der Waals surface area contributed by atoms with Crippen molar-refractivity contribution in [3.8, 4) is 17.3 Å². The number of nitrogens with one attached hydrogen (secondary N) is 2. The van der Waals surface area contributed by atoms with Gasteiger partial charge in [-0.25, -0.2) is 0 Å². The molecule has 0 saturated carbocycles. The lowest BCUT2D eigenvalue weighted by atomic mass is 10.1. The molecule has 1 aliphatic rings. The number of aromatic nitrogens is 6. The number of nitrogens with zero attached hydrogens (tertiary/aromatic N) is 6. The number of hydrogen-bond donors (Lipinski definition) is 3. The summed E-state index contributed by atoms with van der Waals surface area (Å²) < 4.78 is 11.5. The van der Waals surface area contributed by atoms with Crippen molar-refractivity contribution in [2.45, 2.75) is 32.2 Å². The van der Waals surface area contributed by atoms with E-state index in [4.69, 9.17) is 19.4 Å². The van der Waals surface area contributed by atoms with Crippen LogP contribution in [0.4, 0.5) is 17.6 Å². The van der Waals surface area contributed by atoms with Gasteiger partial charge in [0.2, 0.25) is 11.8 Å². The Morgan fingerprint density at radius 2 is 2.15 bits per heavy atom. The van der Waals surface area contributed by atoms with E-state index in [1.807, 2.05) is 37.3 Å². The Balaban J connectivity index is 1.43. The highest BCUT2D eigenvalue weighted by molar-refractivity contribution is 5.57. The number of aryl methyl sites for hydroxylation is 1. The molecule has 0 aliphatic carbocycles. The zero-order chi connectivity index (χ0) is 23.3. The largest absolute Gasteiger partial charge is 0.477 e. The first-order chi connectivity index (χ1) is 16.7. The third-order valence-corrected chi connectivity index (χ3v) is 5.50. The van der Waals surface area contributed by atoms with Crippen molar-refractivity contribution >= 4 is 17.6 Å². The van der Waals surface area contributed by atoms with Crippen molar-refractivity contribution in [2.75, 3.05) is 30.0 Å². The Labute approximate surface area is 196 Å². The van der Waals surface area contributed by atoms with E-state index < -0.39 is 0 Å². The number of rotatable bonds is 9. The molecule has 0 amide bonds. The number of aromatic amines is 1. The minimum atomic E-state index is -0.0573. The fraction of sp³-hybridized carbons (Fsp3) is 0.348. The van der Waals surface area contributed by atoms with Crippen LogP contribution in [0.1, 0.15) is 36.8 Å². The van der Waals surface area contributed by atoms with E-state index in [0.717, 1.165) is 36.5 Å². The van der Waals surface area contributed by atoms with Crippen molar-refractivity contribution in [2.24, 2.45) is 0 Å². The van der Waals surface area contributed by atoms with Gasteiger partial charge in [0.1, 0.15) is 11.5 Å². The van der Waals surface area contributed by atoms with Crippen LogP contribution in [-0.4, -0.2) is 55.2 Å². The molecule has 11 nitrogen and oxygen atoms in total. The van der Waals surface area contributed by atoms with Gasteiger partial charge in [0.25, 0.3) is 0 Å². The summed E-state index contributed by atoms with van der Waals surface area (Å²) >= 11 is 0. The zero-order valence-electron chi connectivity index (χ0n) is 18.8. The summed E-state index contributed by atoms with van der Waals surface area (Å²) in [5.74, 6) is 2.90. The third-order valence-electron chi connectivity index (χ3n) is 5.50. The van der Waals surface area contributed by atoms with Crippen LogP contribution in [0, 0.1) is 6.92 Å². The Morgan fingerprint density at radius 3 is 2.94 bits per heavy atom. The van der Waals surface area contributed by atoms with Gasteiger partial charge < -0.3 is 24.6 Å². The van der Waals surface area contributed by atoms with Gasteiger partial charge in [-0.05, 0) is 31.9 Å². The normalized spacial score (nSPS) is 15.6. The Hall–Kier alpha value is -3.99. The molecule has 1 atom stereocenters. The lowest BCUT2D eigenvalue weighted by molar-refractivity contribution is 0.229. The van der Waals surface area contributed by atoms with Crippen LogP contribution in [0.3, 0.4) is 0 Å². The Bertz CT molecular complexity index is 1230. The molecule has 0 spiro atoms. The van der Waals surface area contributed by atoms with Crippen LogP contribution in [0.5, 0.6) is 5.88 Å². The lowest BCUT2D eigenvalue weighted by Crippen LogP contribution is -2.25. The van der Waals surface area contributed by atoms with Gasteiger partial charge >= 0.3 is 0 Å². The monoisotopic (exact) mass is 462 g/mol. The second-order valence-corrected chi connectivity index (χ2v) is 8.06. The quantitative estimate of drug-likeness (QED) is 0.317. The summed E-state index contributed by atoms with van der Waals surface area (Å²) in [5, 5.41) is 23.7. The van der Waals surface area contributed by atoms with Crippen molar-refractivity contribution in [3.05, 3.63) is 54.0 Å². The molecule has 0 radical (unpaired) electrons. The summed E-state index contributed by atoms with van der Waals surface area (Å²) in [5.41, 5.74) is 2.39. The van der Waals surface area contributed by atoms with Crippen LogP contribution >= 0.6 is 0 Å². The molecule has 3 N–H and O–H groups in total. The Kier molecular flexibility index (Phi) is 6.34. The highest BCUT2D eigenvalue weighted by Gasteiger charge is 2.32. The molecule has 34 heavy (non-hydrogen) atoms. The summed E-state index contributed by atoms with van der Waals surface area (Å²) in [6.45, 7) is 3.10. The molecule has 1 fully saturated rings. The van der Waals surface area contributed by atoms with E-state index in [-0.39, 0.29) is 12.6 Å². The van der Waals surface area contributed by atoms with E-state index in [9.17, 15) is 0 Å². The number of aliphatic hydroxyl groups excluding tert-OH is 1. The maximum atomic E-state index is 9.10. The van der Waals surface area contributed by atoms with Crippen LogP contribution in [0.25, 0.3) is 11.4 Å². The maximum absolute atomic E-state index is 9.10. The second-order valence-electron chi connectivity index (χ2n) is 8.06. The average Bonchev–Trinajstić information content (AvgIpc) is 3.60. The summed E-state index contributed by atoms with van der Waals surface area (Å²) in [4.78, 5) is 15.8. The maximum Gasteiger partial charge on any atom is 0.231 e. The van der Waals surface area contributed by atoms with E-state index in [1.165, 1.54) is 0 Å². The SMILES string of the molecule is Cc1cc(Nc2cc(OCCCO)nc(N3CCC[C@H]3c3cc(-c4ccccn4)no3)n2)n[nH]1. The first kappa shape index (κ1) is 21.8. The molecule has 5 heterocycles. The first-order valence-corrected chi connectivity index (χ1v) is 11.3. The molecule has 0 bridgehead atoms. The van der Waals surface area contributed by atoms with Gasteiger partial charge in [0, 0.05) is 49.7 Å². The van der Waals surface area contributed by atoms with Gasteiger partial charge in [-0.15, -0.1) is 0 Å². The summed E-state index contributed by atoms with van der Waals surface area (Å²) in [6.07, 6.45) is 4.10. The van der Waals surface area contributed by atoms with E-state index in [1.54, 1.807) is 12.3 Å². The first-order valence-electron chi connectivity index (χ1n) is 11.3. The standard InChI is InChI=1S/C23H26N8O3/c1-15-12-21(29-28-15)25-20-14-22(33-11-5-10-32)27-23(26-20)31-9-4-7-18(31)19-13-17(30-34-19)16-6-2-3-8-24-16/h2-3,6,8,12-14,18,32H,4-5,7,9-11H2,1H3,(H2,25,26,27,28,29)/t18-/m0/s1. The van der Waals surface area contributed by atoms with Crippen LogP contribution in [-0.2, 0) is 0 Å². The predicted octanol–water partition coefficient (Wildman–Crippen LogP) is 3.40. The van der Waals surface area contributed by atoms with Crippen molar-refractivity contribution in [1.29, 1.82) is 0 Å². The molecule has 4 aromatic heterocycles. The van der Waals surface area contributed by atoms with Crippen LogP contribution in [0.2, 0.25) is 0 Å². The molecule has 1 saturated heterocycles. The smallest absolute Gasteiger partial charge is 0.231 e. The topological polar surface area (TPSA) is 138 Å². The third kappa shape index (κ3) is 4.84. The van der Waals surface area contributed by atoms with Crippen LogP contribution < -0.4 is 15.0 Å². The minimum absolute atomic E-state index is 0.0495. The molecule has 176 valence electrons. The number of H-pyrrole nitrogens is 1. The van der Waals surface area contributed by atoms with Gasteiger partial charge in [-0.1, -0.05) is 11.2 Å². The fourth-order valence-electron chi connectivity index (χ4n) is 3.92. The minimum Gasteiger partial charge on any atom is -0.477 e.